The van der Waals surface area contributed by atoms with Gasteiger partial charge in [0.05, 0.1) is 0 Å². The Bertz CT molecular complexity index is 235. The van der Waals surface area contributed by atoms with Crippen molar-refractivity contribution in [2.24, 2.45) is 0 Å². The quantitative estimate of drug-likeness (QED) is 0.786. The summed E-state index contributed by atoms with van der Waals surface area (Å²) in [5, 5.41) is 9.58. The van der Waals surface area contributed by atoms with Gasteiger partial charge in [-0.15, -0.1) is 0 Å². The van der Waals surface area contributed by atoms with Crippen molar-refractivity contribution in [3.63, 3.8) is 0 Å². The summed E-state index contributed by atoms with van der Waals surface area (Å²) in [5.41, 5.74) is 2.66. The number of hydrogen-bond donors (Lipinski definition) is 1. The lowest BCUT2D eigenvalue weighted by Crippen LogP contribution is -1.93. The number of halogens is 1. The summed E-state index contributed by atoms with van der Waals surface area (Å²) in [4.78, 5) is 0. The fourth-order valence-corrected chi connectivity index (χ4v) is 1.75. The molecule has 1 N–H and O–H groups in total. The highest BCUT2D eigenvalue weighted by atomic mass is 79.9. The fourth-order valence-electron chi connectivity index (χ4n) is 1.20. The summed E-state index contributed by atoms with van der Waals surface area (Å²) in [7, 11) is 0. The average molecular weight is 229 g/mol. The molecule has 0 bridgehead atoms. The minimum atomic E-state index is 0.274. The van der Waals surface area contributed by atoms with Crippen LogP contribution in [0.1, 0.15) is 17.5 Å². The lowest BCUT2D eigenvalue weighted by molar-refractivity contribution is 0.288. The molecule has 0 amide bonds. The minimum Gasteiger partial charge on any atom is -0.396 e. The molecule has 1 rings (SSSR count). The van der Waals surface area contributed by atoms with Crippen molar-refractivity contribution in [1.82, 2.24) is 0 Å². The van der Waals surface area contributed by atoms with E-state index in [4.69, 9.17) is 5.11 Å². The van der Waals surface area contributed by atoms with Crippen LogP contribution in [0.5, 0.6) is 0 Å². The van der Waals surface area contributed by atoms with Crippen molar-refractivity contribution in [2.75, 3.05) is 6.61 Å². The predicted molar refractivity (Wildman–Crippen MR) is 54.5 cm³/mol. The maximum absolute atomic E-state index is 8.68. The normalized spacial score (nSPS) is 10.2. The van der Waals surface area contributed by atoms with Gasteiger partial charge in [0.1, 0.15) is 0 Å². The first kappa shape index (κ1) is 9.75. The van der Waals surface area contributed by atoms with Crippen LogP contribution in [0.15, 0.2) is 24.3 Å². The number of hydrogen-bond acceptors (Lipinski definition) is 1. The molecule has 66 valence electrons. The monoisotopic (exact) mass is 228 g/mol. The van der Waals surface area contributed by atoms with E-state index >= 15 is 0 Å². The van der Waals surface area contributed by atoms with Crippen molar-refractivity contribution >= 4 is 15.9 Å². The molecule has 1 nitrogen and oxygen atoms in total. The highest BCUT2D eigenvalue weighted by Gasteiger charge is 1.98. The molecular weight excluding hydrogens is 216 g/mol. The van der Waals surface area contributed by atoms with Gasteiger partial charge < -0.3 is 5.11 Å². The van der Waals surface area contributed by atoms with Crippen molar-refractivity contribution < 1.29 is 5.11 Å². The molecule has 1 aromatic carbocycles. The third-order valence-electron chi connectivity index (χ3n) is 1.87. The SMILES string of the molecule is OCCCc1ccccc1CBr. The van der Waals surface area contributed by atoms with Gasteiger partial charge >= 0.3 is 0 Å². The predicted octanol–water partition coefficient (Wildman–Crippen LogP) is 2.51. The zero-order chi connectivity index (χ0) is 8.81. The second-order valence-electron chi connectivity index (χ2n) is 2.73. The van der Waals surface area contributed by atoms with Crippen LogP contribution >= 0.6 is 15.9 Å². The molecule has 12 heavy (non-hydrogen) atoms. The summed E-state index contributed by atoms with van der Waals surface area (Å²) in [6, 6.07) is 8.31. The van der Waals surface area contributed by atoms with Gasteiger partial charge in [-0.1, -0.05) is 40.2 Å². The van der Waals surface area contributed by atoms with Crippen LogP contribution in [0.3, 0.4) is 0 Å². The van der Waals surface area contributed by atoms with Gasteiger partial charge in [-0.3, -0.25) is 0 Å². The summed E-state index contributed by atoms with van der Waals surface area (Å²) in [6.07, 6.45) is 1.82. The van der Waals surface area contributed by atoms with E-state index < -0.39 is 0 Å². The smallest absolute Gasteiger partial charge is 0.0434 e. The van der Waals surface area contributed by atoms with Crippen LogP contribution in [0, 0.1) is 0 Å². The molecule has 0 fully saturated rings. The summed E-state index contributed by atoms with van der Waals surface area (Å²) in [5.74, 6) is 0. The second-order valence-corrected chi connectivity index (χ2v) is 3.29. The maximum atomic E-state index is 8.68. The van der Waals surface area contributed by atoms with E-state index in [1.54, 1.807) is 0 Å². The standard InChI is InChI=1S/C10H13BrO/c11-8-10-5-2-1-4-9(10)6-3-7-12/h1-2,4-5,12H,3,6-8H2. The molecule has 2 heteroatoms. The van der Waals surface area contributed by atoms with Gasteiger partial charge in [0.2, 0.25) is 0 Å². The first-order valence-electron chi connectivity index (χ1n) is 4.12. The third kappa shape index (κ3) is 2.61. The molecule has 0 saturated carbocycles. The first-order valence-corrected chi connectivity index (χ1v) is 5.24. The zero-order valence-electron chi connectivity index (χ0n) is 6.96. The Kier molecular flexibility index (Phi) is 4.33. The zero-order valence-corrected chi connectivity index (χ0v) is 8.55. The van der Waals surface area contributed by atoms with Crippen LogP contribution in [-0.2, 0) is 11.8 Å². The lowest BCUT2D eigenvalue weighted by Gasteiger charge is -2.04. The van der Waals surface area contributed by atoms with Crippen molar-refractivity contribution in [3.05, 3.63) is 35.4 Å². The number of benzene rings is 1. The summed E-state index contributed by atoms with van der Waals surface area (Å²) < 4.78 is 0. The molecule has 0 spiro atoms. The van der Waals surface area contributed by atoms with Gasteiger partial charge in [-0.25, -0.2) is 0 Å². The fraction of sp³-hybridized carbons (Fsp3) is 0.400. The number of aliphatic hydroxyl groups is 1. The van der Waals surface area contributed by atoms with E-state index in [9.17, 15) is 0 Å². The molecule has 0 radical (unpaired) electrons. The summed E-state index contributed by atoms with van der Waals surface area (Å²) >= 11 is 3.44. The van der Waals surface area contributed by atoms with Crippen molar-refractivity contribution in [2.45, 2.75) is 18.2 Å². The largest absolute Gasteiger partial charge is 0.396 e. The van der Waals surface area contributed by atoms with Gasteiger partial charge in [0.15, 0.2) is 0 Å². The maximum Gasteiger partial charge on any atom is 0.0434 e. The summed E-state index contributed by atoms with van der Waals surface area (Å²) in [6.45, 7) is 0.274. The van der Waals surface area contributed by atoms with Gasteiger partial charge in [0.25, 0.3) is 0 Å². The van der Waals surface area contributed by atoms with Crippen LogP contribution in [0.4, 0.5) is 0 Å². The van der Waals surface area contributed by atoms with Crippen molar-refractivity contribution in [1.29, 1.82) is 0 Å². The molecule has 0 heterocycles. The van der Waals surface area contributed by atoms with Crippen molar-refractivity contribution in [3.8, 4) is 0 Å². The van der Waals surface area contributed by atoms with E-state index in [1.165, 1.54) is 11.1 Å². The van der Waals surface area contributed by atoms with E-state index in [1.807, 2.05) is 12.1 Å². The van der Waals surface area contributed by atoms with E-state index in [2.05, 4.69) is 28.1 Å². The van der Waals surface area contributed by atoms with E-state index in [0.717, 1.165) is 18.2 Å². The van der Waals surface area contributed by atoms with E-state index in [-0.39, 0.29) is 6.61 Å². The van der Waals surface area contributed by atoms with Crippen LogP contribution in [-0.4, -0.2) is 11.7 Å². The van der Waals surface area contributed by atoms with Crippen LogP contribution < -0.4 is 0 Å². The highest BCUT2D eigenvalue weighted by molar-refractivity contribution is 9.08. The Morgan fingerprint density at radius 1 is 1.17 bits per heavy atom. The molecular formula is C10H13BrO. The number of alkyl halides is 1. The number of aliphatic hydroxyl groups excluding tert-OH is 1. The molecule has 0 saturated heterocycles. The average Bonchev–Trinajstić information content (AvgIpc) is 2.15. The minimum absolute atomic E-state index is 0.274. The Morgan fingerprint density at radius 2 is 1.83 bits per heavy atom. The van der Waals surface area contributed by atoms with Gasteiger partial charge in [0, 0.05) is 11.9 Å². The van der Waals surface area contributed by atoms with E-state index in [0.29, 0.717) is 0 Å². The Morgan fingerprint density at radius 3 is 2.42 bits per heavy atom. The Hall–Kier alpha value is -0.340. The molecule has 0 aromatic heterocycles. The van der Waals surface area contributed by atoms with Crippen LogP contribution in [0.2, 0.25) is 0 Å². The number of rotatable bonds is 4. The van der Waals surface area contributed by atoms with Crippen LogP contribution in [0.25, 0.3) is 0 Å². The molecule has 0 unspecified atom stereocenters. The van der Waals surface area contributed by atoms with Gasteiger partial charge in [-0.05, 0) is 24.0 Å². The molecule has 1 aromatic rings. The molecule has 0 aliphatic heterocycles. The Labute approximate surface area is 81.6 Å². The topological polar surface area (TPSA) is 20.2 Å². The van der Waals surface area contributed by atoms with Gasteiger partial charge in [-0.2, -0.15) is 0 Å². The highest BCUT2D eigenvalue weighted by Crippen LogP contribution is 2.13. The molecule has 0 atom stereocenters. The second kappa shape index (κ2) is 5.33. The number of aryl methyl sites for hydroxylation is 1. The first-order chi connectivity index (χ1) is 5.88. The third-order valence-corrected chi connectivity index (χ3v) is 2.47. The lowest BCUT2D eigenvalue weighted by atomic mass is 10.0. The molecule has 0 aliphatic carbocycles. The Balaban J connectivity index is 2.68. The molecule has 0 aliphatic rings.